The molecule has 29 heavy (non-hydrogen) atoms. The molecule has 0 aliphatic carbocycles. The lowest BCUT2D eigenvalue weighted by molar-refractivity contribution is -0.145. The molecule has 1 aromatic carbocycles. The molecule has 0 amide bonds. The quantitative estimate of drug-likeness (QED) is 0.595. The van der Waals surface area contributed by atoms with Crippen LogP contribution in [0, 0.1) is 13.8 Å². The van der Waals surface area contributed by atoms with E-state index in [4.69, 9.17) is 19.1 Å². The van der Waals surface area contributed by atoms with Crippen molar-refractivity contribution in [1.29, 1.82) is 0 Å². The van der Waals surface area contributed by atoms with Gasteiger partial charge in [0.15, 0.2) is 12.0 Å². The van der Waals surface area contributed by atoms with E-state index in [0.29, 0.717) is 23.8 Å². The highest BCUT2D eigenvalue weighted by Crippen LogP contribution is 2.25. The van der Waals surface area contributed by atoms with Gasteiger partial charge >= 0.3 is 5.97 Å². The number of carboxylic acids is 1. The van der Waals surface area contributed by atoms with Crippen molar-refractivity contribution < 1.29 is 23.9 Å². The Balaban J connectivity index is 1.97. The highest BCUT2D eigenvalue weighted by Gasteiger charge is 2.22. The SMILES string of the molecule is C=C(NOCc1nc(C(C)(C)C)oc1C)c1ccc(OC(CC)C(=O)O)c(C)c1. The molecular weight excluding hydrogens is 372 g/mol. The van der Waals surface area contributed by atoms with Crippen molar-refractivity contribution in [3.8, 4) is 5.75 Å². The third-order valence-electron chi connectivity index (χ3n) is 4.38. The molecule has 0 spiro atoms. The lowest BCUT2D eigenvalue weighted by Gasteiger charge is -2.16. The molecule has 1 aromatic heterocycles. The maximum Gasteiger partial charge on any atom is 0.344 e. The first-order valence-electron chi connectivity index (χ1n) is 9.56. The first kappa shape index (κ1) is 22.5. The number of hydroxylamine groups is 1. The summed E-state index contributed by atoms with van der Waals surface area (Å²) in [7, 11) is 0. The lowest BCUT2D eigenvalue weighted by atomic mass is 9.97. The van der Waals surface area contributed by atoms with E-state index in [1.165, 1.54) is 0 Å². The molecule has 7 heteroatoms. The summed E-state index contributed by atoms with van der Waals surface area (Å²) in [5, 5.41) is 9.15. The van der Waals surface area contributed by atoms with Crippen molar-refractivity contribution in [1.82, 2.24) is 10.5 Å². The van der Waals surface area contributed by atoms with Crippen molar-refractivity contribution in [2.24, 2.45) is 0 Å². The molecule has 7 nitrogen and oxygen atoms in total. The normalized spacial score (nSPS) is 12.5. The van der Waals surface area contributed by atoms with Crippen LogP contribution in [-0.2, 0) is 21.7 Å². The number of aromatic nitrogens is 1. The van der Waals surface area contributed by atoms with E-state index in [2.05, 4.69) is 17.0 Å². The highest BCUT2D eigenvalue weighted by atomic mass is 16.6. The standard InChI is InChI=1S/C22H30N2O5/c1-8-18(20(25)26)29-19-10-9-16(11-13(19)2)14(3)24-27-12-17-15(4)28-21(23-17)22(5,6)7/h9-11,18,24H,3,8,12H2,1-2,4-7H3,(H,25,26). The van der Waals surface area contributed by atoms with Gasteiger partial charge in [-0.2, -0.15) is 0 Å². The number of nitrogens with zero attached hydrogens (tertiary/aromatic N) is 1. The zero-order valence-electron chi connectivity index (χ0n) is 18.0. The van der Waals surface area contributed by atoms with Crippen molar-refractivity contribution in [3.63, 3.8) is 0 Å². The van der Waals surface area contributed by atoms with E-state index in [1.54, 1.807) is 19.1 Å². The van der Waals surface area contributed by atoms with E-state index >= 15 is 0 Å². The summed E-state index contributed by atoms with van der Waals surface area (Å²) in [6.07, 6.45) is -0.482. The second-order valence-corrected chi connectivity index (χ2v) is 7.97. The molecule has 0 fully saturated rings. The fourth-order valence-electron chi connectivity index (χ4n) is 2.56. The van der Waals surface area contributed by atoms with Gasteiger partial charge in [-0.15, -0.1) is 0 Å². The van der Waals surface area contributed by atoms with Gasteiger partial charge in [0.1, 0.15) is 23.8 Å². The van der Waals surface area contributed by atoms with E-state index in [-0.39, 0.29) is 12.0 Å². The summed E-state index contributed by atoms with van der Waals surface area (Å²) < 4.78 is 11.3. The molecular formula is C22H30N2O5. The molecule has 2 rings (SSSR count). The monoisotopic (exact) mass is 402 g/mol. The van der Waals surface area contributed by atoms with Crippen LogP contribution in [-0.4, -0.2) is 22.2 Å². The number of rotatable bonds is 9. The number of hydrogen-bond donors (Lipinski definition) is 2. The minimum Gasteiger partial charge on any atom is -0.479 e. The first-order valence-corrected chi connectivity index (χ1v) is 9.56. The smallest absolute Gasteiger partial charge is 0.344 e. The summed E-state index contributed by atoms with van der Waals surface area (Å²) in [4.78, 5) is 21.2. The van der Waals surface area contributed by atoms with Crippen molar-refractivity contribution in [2.75, 3.05) is 0 Å². The molecule has 0 saturated heterocycles. The van der Waals surface area contributed by atoms with E-state index in [0.717, 1.165) is 22.6 Å². The average molecular weight is 402 g/mol. The lowest BCUT2D eigenvalue weighted by Crippen LogP contribution is -2.26. The van der Waals surface area contributed by atoms with Crippen LogP contribution in [0.25, 0.3) is 5.70 Å². The number of oxazole rings is 1. The van der Waals surface area contributed by atoms with Crippen LogP contribution in [0.2, 0.25) is 0 Å². The number of carboxylic acid groups (broad SMARTS) is 1. The van der Waals surface area contributed by atoms with E-state index < -0.39 is 12.1 Å². The Morgan fingerprint density at radius 2 is 2.03 bits per heavy atom. The molecule has 0 aliphatic heterocycles. The maximum absolute atomic E-state index is 11.2. The molecule has 1 heterocycles. The fourth-order valence-corrected chi connectivity index (χ4v) is 2.56. The van der Waals surface area contributed by atoms with Gasteiger partial charge in [0.25, 0.3) is 0 Å². The van der Waals surface area contributed by atoms with Crippen LogP contribution < -0.4 is 10.2 Å². The third kappa shape index (κ3) is 5.84. The number of hydrogen-bond acceptors (Lipinski definition) is 6. The fraction of sp³-hybridized carbons (Fsp3) is 0.455. The van der Waals surface area contributed by atoms with Crippen molar-refractivity contribution in [3.05, 3.63) is 53.2 Å². The van der Waals surface area contributed by atoms with Crippen LogP contribution in [0.1, 0.15) is 62.6 Å². The number of nitrogens with one attached hydrogen (secondary N) is 1. The summed E-state index contributed by atoms with van der Waals surface area (Å²) in [5.74, 6) is 0.951. The molecule has 1 atom stereocenters. The van der Waals surface area contributed by atoms with Gasteiger partial charge in [-0.05, 0) is 49.6 Å². The summed E-state index contributed by atoms with van der Waals surface area (Å²) in [6.45, 7) is 15.8. The third-order valence-corrected chi connectivity index (χ3v) is 4.38. The Hall–Kier alpha value is -2.80. The van der Waals surface area contributed by atoms with Crippen molar-refractivity contribution in [2.45, 2.75) is 66.1 Å². The summed E-state index contributed by atoms with van der Waals surface area (Å²) in [5.41, 5.74) is 5.59. The number of benzene rings is 1. The largest absolute Gasteiger partial charge is 0.479 e. The van der Waals surface area contributed by atoms with Gasteiger partial charge in [0.05, 0.1) is 5.70 Å². The number of aryl methyl sites for hydroxylation is 2. The zero-order chi connectivity index (χ0) is 21.8. The minimum atomic E-state index is -0.978. The second kappa shape index (κ2) is 9.13. The molecule has 0 bridgehead atoms. The Bertz CT molecular complexity index is 880. The molecule has 0 aliphatic rings. The Morgan fingerprint density at radius 3 is 2.55 bits per heavy atom. The highest BCUT2D eigenvalue weighted by molar-refractivity contribution is 5.72. The van der Waals surface area contributed by atoms with Gasteiger partial charge in [-0.1, -0.05) is 34.3 Å². The van der Waals surface area contributed by atoms with E-state index in [1.807, 2.05) is 40.7 Å². The van der Waals surface area contributed by atoms with Crippen LogP contribution in [0.5, 0.6) is 5.75 Å². The Morgan fingerprint density at radius 1 is 1.34 bits per heavy atom. The minimum absolute atomic E-state index is 0.168. The van der Waals surface area contributed by atoms with Gasteiger partial charge in [-0.25, -0.2) is 9.78 Å². The number of ether oxygens (including phenoxy) is 1. The topological polar surface area (TPSA) is 93.8 Å². The van der Waals surface area contributed by atoms with Gasteiger partial charge < -0.3 is 14.3 Å². The van der Waals surface area contributed by atoms with Gasteiger partial charge in [0.2, 0.25) is 0 Å². The summed E-state index contributed by atoms with van der Waals surface area (Å²) in [6, 6.07) is 5.40. The summed E-state index contributed by atoms with van der Waals surface area (Å²) >= 11 is 0. The average Bonchev–Trinajstić information content (AvgIpc) is 3.01. The van der Waals surface area contributed by atoms with Crippen LogP contribution in [0.3, 0.4) is 0 Å². The predicted molar refractivity (Wildman–Crippen MR) is 110 cm³/mol. The number of aliphatic carboxylic acids is 1. The molecule has 1 unspecified atom stereocenters. The van der Waals surface area contributed by atoms with Gasteiger partial charge in [-0.3, -0.25) is 10.3 Å². The van der Waals surface area contributed by atoms with E-state index in [9.17, 15) is 4.79 Å². The molecule has 2 N–H and O–H groups in total. The molecule has 158 valence electrons. The van der Waals surface area contributed by atoms with Crippen LogP contribution in [0.15, 0.2) is 29.2 Å². The zero-order valence-corrected chi connectivity index (χ0v) is 18.0. The number of carbonyl (C=O) groups is 1. The molecule has 2 aromatic rings. The second-order valence-electron chi connectivity index (χ2n) is 7.97. The van der Waals surface area contributed by atoms with Crippen LogP contribution >= 0.6 is 0 Å². The first-order chi connectivity index (χ1) is 13.5. The maximum atomic E-state index is 11.2. The Labute approximate surface area is 171 Å². The Kier molecular flexibility index (Phi) is 7.08. The molecule has 0 radical (unpaired) electrons. The predicted octanol–water partition coefficient (Wildman–Crippen LogP) is 4.52. The van der Waals surface area contributed by atoms with Gasteiger partial charge in [0, 0.05) is 5.41 Å². The van der Waals surface area contributed by atoms with Crippen molar-refractivity contribution >= 4 is 11.7 Å². The van der Waals surface area contributed by atoms with Crippen LogP contribution in [0.4, 0.5) is 0 Å². The molecule has 0 saturated carbocycles.